The summed E-state index contributed by atoms with van der Waals surface area (Å²) in [7, 11) is -3.33. The summed E-state index contributed by atoms with van der Waals surface area (Å²) in [5, 5.41) is 12.0. The second-order valence-electron chi connectivity index (χ2n) is 4.80. The van der Waals surface area contributed by atoms with Crippen molar-refractivity contribution in [2.75, 3.05) is 12.8 Å². The van der Waals surface area contributed by atoms with Crippen LogP contribution in [0.5, 0.6) is 0 Å². The molecule has 0 bridgehead atoms. The molecule has 0 aromatic heterocycles. The first-order valence-electron chi connectivity index (χ1n) is 5.40. The van der Waals surface area contributed by atoms with E-state index in [0.29, 0.717) is 0 Å². The number of carbonyl (C=O) groups is 1. The predicted molar refractivity (Wildman–Crippen MR) is 68.2 cm³/mol. The average Bonchev–Trinajstić information content (AvgIpc) is 2.24. The third-order valence-electron chi connectivity index (χ3n) is 2.21. The molecular weight excluding hydrogens is 254 g/mol. The smallest absolute Gasteiger partial charge is 0.251 e. The van der Waals surface area contributed by atoms with Crippen molar-refractivity contribution in [1.82, 2.24) is 5.32 Å². The zero-order valence-electron chi connectivity index (χ0n) is 10.6. The molecule has 0 aliphatic heterocycles. The van der Waals surface area contributed by atoms with Gasteiger partial charge in [0.25, 0.3) is 5.91 Å². The summed E-state index contributed by atoms with van der Waals surface area (Å²) in [4.78, 5) is 11.8. The first-order valence-corrected chi connectivity index (χ1v) is 7.29. The molecule has 0 radical (unpaired) electrons. The molecular formula is C12H17NO4S. The Hall–Kier alpha value is -1.40. The van der Waals surface area contributed by atoms with Gasteiger partial charge in [-0.1, -0.05) is 6.07 Å². The maximum absolute atomic E-state index is 11.8. The van der Waals surface area contributed by atoms with Gasteiger partial charge in [-0.25, -0.2) is 8.42 Å². The summed E-state index contributed by atoms with van der Waals surface area (Å²) >= 11 is 0. The van der Waals surface area contributed by atoms with E-state index in [1.807, 2.05) is 0 Å². The topological polar surface area (TPSA) is 83.5 Å². The van der Waals surface area contributed by atoms with Gasteiger partial charge in [0.05, 0.1) is 10.5 Å². The van der Waals surface area contributed by atoms with Crippen molar-refractivity contribution in [3.05, 3.63) is 29.8 Å². The third-order valence-corrected chi connectivity index (χ3v) is 3.32. The number of aliphatic hydroxyl groups is 1. The van der Waals surface area contributed by atoms with Crippen molar-refractivity contribution in [1.29, 1.82) is 0 Å². The van der Waals surface area contributed by atoms with Gasteiger partial charge in [0.15, 0.2) is 9.84 Å². The van der Waals surface area contributed by atoms with Crippen LogP contribution in [-0.2, 0) is 9.84 Å². The van der Waals surface area contributed by atoms with Crippen molar-refractivity contribution < 1.29 is 18.3 Å². The Labute approximate surface area is 107 Å². The Morgan fingerprint density at radius 2 is 2.00 bits per heavy atom. The first-order chi connectivity index (χ1) is 8.09. The molecule has 0 saturated carbocycles. The largest absolute Gasteiger partial charge is 0.389 e. The molecule has 5 nitrogen and oxygen atoms in total. The molecule has 100 valence electrons. The lowest BCUT2D eigenvalue weighted by atomic mass is 10.1. The van der Waals surface area contributed by atoms with Crippen LogP contribution in [0.25, 0.3) is 0 Å². The van der Waals surface area contributed by atoms with E-state index in [-0.39, 0.29) is 17.0 Å². The molecule has 0 unspecified atom stereocenters. The van der Waals surface area contributed by atoms with E-state index < -0.39 is 21.3 Å². The van der Waals surface area contributed by atoms with E-state index in [1.165, 1.54) is 24.3 Å². The number of hydrogen-bond acceptors (Lipinski definition) is 4. The molecule has 0 aliphatic rings. The van der Waals surface area contributed by atoms with Gasteiger partial charge in [0.2, 0.25) is 0 Å². The fourth-order valence-corrected chi connectivity index (χ4v) is 1.93. The molecule has 1 aromatic carbocycles. The Bertz CT molecular complexity index is 543. The molecule has 0 atom stereocenters. The molecule has 2 N–H and O–H groups in total. The third kappa shape index (κ3) is 4.46. The lowest BCUT2D eigenvalue weighted by Gasteiger charge is -2.17. The second-order valence-corrected chi connectivity index (χ2v) is 6.81. The van der Waals surface area contributed by atoms with Crippen LogP contribution in [-0.4, -0.2) is 37.8 Å². The summed E-state index contributed by atoms with van der Waals surface area (Å²) in [5.74, 6) is -0.414. The molecule has 1 aromatic rings. The van der Waals surface area contributed by atoms with Crippen molar-refractivity contribution in [2.24, 2.45) is 0 Å². The van der Waals surface area contributed by atoms with E-state index in [0.717, 1.165) is 6.26 Å². The van der Waals surface area contributed by atoms with Crippen LogP contribution in [0.2, 0.25) is 0 Å². The average molecular weight is 271 g/mol. The molecule has 6 heteroatoms. The monoisotopic (exact) mass is 271 g/mol. The molecule has 0 aliphatic carbocycles. The SMILES string of the molecule is CC(C)(O)CNC(=O)c1cccc(S(C)(=O)=O)c1. The van der Waals surface area contributed by atoms with E-state index in [4.69, 9.17) is 0 Å². The zero-order valence-corrected chi connectivity index (χ0v) is 11.4. The quantitative estimate of drug-likeness (QED) is 0.839. The molecule has 0 heterocycles. The van der Waals surface area contributed by atoms with Gasteiger partial charge >= 0.3 is 0 Å². The highest BCUT2D eigenvalue weighted by molar-refractivity contribution is 7.90. The molecule has 1 rings (SSSR count). The normalized spacial score (nSPS) is 12.2. The second kappa shape index (κ2) is 5.07. The highest BCUT2D eigenvalue weighted by atomic mass is 32.2. The van der Waals surface area contributed by atoms with Gasteiger partial charge in [0.1, 0.15) is 0 Å². The minimum atomic E-state index is -3.33. The Kier molecular flexibility index (Phi) is 4.13. The zero-order chi connectivity index (χ0) is 14.0. The molecule has 1 amide bonds. The van der Waals surface area contributed by atoms with Gasteiger partial charge in [-0.05, 0) is 32.0 Å². The van der Waals surface area contributed by atoms with E-state index in [1.54, 1.807) is 13.8 Å². The maximum atomic E-state index is 11.8. The van der Waals surface area contributed by atoms with Crippen LogP contribution < -0.4 is 5.32 Å². The van der Waals surface area contributed by atoms with Gasteiger partial charge in [-0.15, -0.1) is 0 Å². The standard InChI is InChI=1S/C12H17NO4S/c1-12(2,15)8-13-11(14)9-5-4-6-10(7-9)18(3,16)17/h4-7,15H,8H2,1-3H3,(H,13,14). The lowest BCUT2D eigenvalue weighted by molar-refractivity contribution is 0.0694. The molecule has 18 heavy (non-hydrogen) atoms. The van der Waals surface area contributed by atoms with Crippen molar-refractivity contribution >= 4 is 15.7 Å². The Balaban J connectivity index is 2.88. The van der Waals surface area contributed by atoms with Crippen LogP contribution >= 0.6 is 0 Å². The minimum absolute atomic E-state index is 0.0922. The first kappa shape index (κ1) is 14.7. The predicted octanol–water partition coefficient (Wildman–Crippen LogP) is 0.591. The lowest BCUT2D eigenvalue weighted by Crippen LogP contribution is -2.38. The van der Waals surface area contributed by atoms with Gasteiger partial charge in [-0.3, -0.25) is 4.79 Å². The number of hydrogen-bond donors (Lipinski definition) is 2. The fourth-order valence-electron chi connectivity index (χ4n) is 1.27. The Morgan fingerprint density at radius 3 is 2.50 bits per heavy atom. The number of benzene rings is 1. The van der Waals surface area contributed by atoms with E-state index in [2.05, 4.69) is 5.32 Å². The van der Waals surface area contributed by atoms with Crippen LogP contribution in [0.4, 0.5) is 0 Å². The summed E-state index contributed by atoms with van der Waals surface area (Å²) in [6.07, 6.45) is 1.08. The molecule has 0 saturated heterocycles. The van der Waals surface area contributed by atoms with E-state index in [9.17, 15) is 18.3 Å². The highest BCUT2D eigenvalue weighted by Gasteiger charge is 2.16. The number of nitrogens with one attached hydrogen (secondary N) is 1. The number of carbonyl (C=O) groups excluding carboxylic acids is 1. The number of rotatable bonds is 4. The summed E-state index contributed by atoms with van der Waals surface area (Å²) in [6, 6.07) is 5.78. The summed E-state index contributed by atoms with van der Waals surface area (Å²) in [6.45, 7) is 3.23. The minimum Gasteiger partial charge on any atom is -0.389 e. The molecule has 0 fully saturated rings. The summed E-state index contributed by atoms with van der Waals surface area (Å²) in [5.41, 5.74) is -0.758. The van der Waals surface area contributed by atoms with Crippen molar-refractivity contribution in [2.45, 2.75) is 24.3 Å². The van der Waals surface area contributed by atoms with Crippen molar-refractivity contribution in [3.8, 4) is 0 Å². The van der Waals surface area contributed by atoms with E-state index >= 15 is 0 Å². The highest BCUT2D eigenvalue weighted by Crippen LogP contribution is 2.11. The Morgan fingerprint density at radius 1 is 1.39 bits per heavy atom. The van der Waals surface area contributed by atoms with Crippen molar-refractivity contribution in [3.63, 3.8) is 0 Å². The van der Waals surface area contributed by atoms with Crippen LogP contribution in [0.3, 0.4) is 0 Å². The van der Waals surface area contributed by atoms with Crippen LogP contribution in [0, 0.1) is 0 Å². The van der Waals surface area contributed by atoms with Gasteiger partial charge < -0.3 is 10.4 Å². The van der Waals surface area contributed by atoms with Gasteiger partial charge in [-0.2, -0.15) is 0 Å². The molecule has 0 spiro atoms. The van der Waals surface area contributed by atoms with Crippen LogP contribution in [0.1, 0.15) is 24.2 Å². The summed E-state index contributed by atoms with van der Waals surface area (Å²) < 4.78 is 22.7. The maximum Gasteiger partial charge on any atom is 0.251 e. The van der Waals surface area contributed by atoms with Gasteiger partial charge in [0, 0.05) is 18.4 Å². The number of sulfone groups is 1. The van der Waals surface area contributed by atoms with Crippen LogP contribution in [0.15, 0.2) is 29.2 Å². The fraction of sp³-hybridized carbons (Fsp3) is 0.417. The number of amides is 1.